The van der Waals surface area contributed by atoms with E-state index in [0.717, 1.165) is 6.07 Å². The number of halogens is 3. The molecule has 36 heavy (non-hydrogen) atoms. The molecule has 0 fully saturated rings. The summed E-state index contributed by atoms with van der Waals surface area (Å²) >= 11 is 0. The summed E-state index contributed by atoms with van der Waals surface area (Å²) in [7, 11) is 0. The van der Waals surface area contributed by atoms with Crippen molar-refractivity contribution in [2.75, 3.05) is 6.61 Å². The second-order valence-corrected chi connectivity index (χ2v) is 8.08. The van der Waals surface area contributed by atoms with Crippen molar-refractivity contribution < 1.29 is 32.5 Å². The normalized spacial score (nSPS) is 11.7. The number of hydrogen-bond donors (Lipinski definition) is 1. The van der Waals surface area contributed by atoms with Gasteiger partial charge in [0.05, 0.1) is 18.3 Å². The Kier molecular flexibility index (Phi) is 7.41. The summed E-state index contributed by atoms with van der Waals surface area (Å²) < 4.78 is 54.5. The summed E-state index contributed by atoms with van der Waals surface area (Å²) in [5.74, 6) is -3.54. The molecule has 0 aliphatic heterocycles. The highest BCUT2D eigenvalue weighted by Gasteiger charge is 2.21. The monoisotopic (exact) mass is 492 g/mol. The quantitative estimate of drug-likeness (QED) is 0.221. The van der Waals surface area contributed by atoms with Gasteiger partial charge < -0.3 is 14.6 Å². The summed E-state index contributed by atoms with van der Waals surface area (Å²) in [6.07, 6.45) is -0.688. The number of aliphatic hydroxyl groups excluding tert-OH is 1. The van der Waals surface area contributed by atoms with Crippen LogP contribution in [0.1, 0.15) is 35.9 Å². The van der Waals surface area contributed by atoms with Crippen LogP contribution in [0.4, 0.5) is 13.2 Å². The van der Waals surface area contributed by atoms with Gasteiger partial charge in [0.2, 0.25) is 0 Å². The molecule has 0 saturated heterocycles. The minimum Gasteiger partial charge on any atom is -0.494 e. The summed E-state index contributed by atoms with van der Waals surface area (Å²) in [6.45, 7) is 3.82. The van der Waals surface area contributed by atoms with Crippen LogP contribution in [0, 0.1) is 17.5 Å². The van der Waals surface area contributed by atoms with E-state index < -0.39 is 35.1 Å². The molecular weight excluding hydrogens is 469 g/mol. The van der Waals surface area contributed by atoms with Crippen LogP contribution in [0.15, 0.2) is 78.9 Å². The summed E-state index contributed by atoms with van der Waals surface area (Å²) in [6, 6.07) is 19.3. The van der Waals surface area contributed by atoms with Crippen LogP contribution in [-0.2, 0) is 0 Å². The number of hydrogen-bond acceptors (Lipinski definition) is 4. The van der Waals surface area contributed by atoms with Gasteiger partial charge in [-0.15, -0.1) is 0 Å². The second kappa shape index (κ2) is 10.7. The lowest BCUT2D eigenvalue weighted by Gasteiger charge is -2.11. The molecule has 0 radical (unpaired) electrons. The first-order valence-corrected chi connectivity index (χ1v) is 11.3. The van der Waals surface area contributed by atoms with Crippen LogP contribution in [-0.4, -0.2) is 17.7 Å². The average Bonchev–Trinajstić information content (AvgIpc) is 2.86. The maximum atomic E-state index is 14.8. The van der Waals surface area contributed by atoms with Gasteiger partial charge in [0, 0.05) is 17.2 Å². The summed E-state index contributed by atoms with van der Waals surface area (Å²) in [4.78, 5) is 12.5. The number of aliphatic hydroxyl groups is 1. The average molecular weight is 492 g/mol. The van der Waals surface area contributed by atoms with E-state index in [1.165, 1.54) is 24.3 Å². The van der Waals surface area contributed by atoms with E-state index in [9.17, 15) is 23.1 Å². The van der Waals surface area contributed by atoms with Gasteiger partial charge in [-0.25, -0.2) is 18.0 Å². The van der Waals surface area contributed by atoms with E-state index in [1.807, 2.05) is 0 Å². The van der Waals surface area contributed by atoms with Gasteiger partial charge in [0.1, 0.15) is 17.3 Å². The van der Waals surface area contributed by atoms with Gasteiger partial charge in [-0.1, -0.05) is 42.5 Å². The highest BCUT2D eigenvalue weighted by molar-refractivity contribution is 5.92. The van der Waals surface area contributed by atoms with Crippen LogP contribution >= 0.6 is 0 Å². The Morgan fingerprint density at radius 1 is 0.806 bits per heavy atom. The molecule has 4 rings (SSSR count). The molecule has 0 saturated carbocycles. The van der Waals surface area contributed by atoms with Crippen molar-refractivity contribution in [3.8, 4) is 33.8 Å². The van der Waals surface area contributed by atoms with E-state index in [1.54, 1.807) is 62.4 Å². The molecule has 7 heteroatoms. The van der Waals surface area contributed by atoms with Crippen molar-refractivity contribution in [3.63, 3.8) is 0 Å². The SMILES string of the molecule is CCOc1ccc(-c2ccc(OC(=O)c3ccc(-c4ccc(C(C)O)cc4)c(F)c3F)cc2)c(F)c1. The lowest BCUT2D eigenvalue weighted by Crippen LogP contribution is -2.12. The van der Waals surface area contributed by atoms with Crippen molar-refractivity contribution in [1.29, 1.82) is 0 Å². The van der Waals surface area contributed by atoms with Crippen LogP contribution in [0.3, 0.4) is 0 Å². The van der Waals surface area contributed by atoms with Crippen LogP contribution < -0.4 is 9.47 Å². The predicted octanol–water partition coefficient (Wildman–Crippen LogP) is 7.11. The minimum absolute atomic E-state index is 0.0251. The summed E-state index contributed by atoms with van der Waals surface area (Å²) in [5, 5.41) is 9.61. The van der Waals surface area contributed by atoms with E-state index in [-0.39, 0.29) is 11.3 Å². The molecule has 0 amide bonds. The number of ether oxygens (including phenoxy) is 2. The largest absolute Gasteiger partial charge is 0.494 e. The molecule has 0 aliphatic rings. The molecule has 4 aromatic rings. The molecule has 4 nitrogen and oxygen atoms in total. The van der Waals surface area contributed by atoms with Gasteiger partial charge >= 0.3 is 5.97 Å². The Labute approximate surface area is 206 Å². The third-order valence-electron chi connectivity index (χ3n) is 5.63. The first-order valence-electron chi connectivity index (χ1n) is 11.3. The van der Waals surface area contributed by atoms with Crippen LogP contribution in [0.25, 0.3) is 22.3 Å². The van der Waals surface area contributed by atoms with Crippen molar-refractivity contribution in [2.24, 2.45) is 0 Å². The van der Waals surface area contributed by atoms with Gasteiger partial charge in [-0.05, 0) is 60.9 Å². The molecule has 184 valence electrons. The molecule has 0 heterocycles. The van der Waals surface area contributed by atoms with Crippen LogP contribution in [0.5, 0.6) is 11.5 Å². The van der Waals surface area contributed by atoms with E-state index in [2.05, 4.69) is 0 Å². The number of rotatable bonds is 7. The van der Waals surface area contributed by atoms with E-state index in [0.29, 0.717) is 34.6 Å². The Balaban J connectivity index is 1.51. The zero-order chi connectivity index (χ0) is 25.8. The molecule has 1 atom stereocenters. The van der Waals surface area contributed by atoms with E-state index >= 15 is 0 Å². The van der Waals surface area contributed by atoms with Gasteiger partial charge in [-0.3, -0.25) is 0 Å². The maximum Gasteiger partial charge on any atom is 0.346 e. The lowest BCUT2D eigenvalue weighted by atomic mass is 10.00. The Hall–Kier alpha value is -4.10. The molecule has 0 aliphatic carbocycles. The fourth-order valence-electron chi connectivity index (χ4n) is 3.72. The lowest BCUT2D eigenvalue weighted by molar-refractivity contribution is 0.0728. The maximum absolute atomic E-state index is 14.8. The topological polar surface area (TPSA) is 55.8 Å². The number of carbonyl (C=O) groups excluding carboxylic acids is 1. The Morgan fingerprint density at radius 2 is 1.39 bits per heavy atom. The second-order valence-electron chi connectivity index (χ2n) is 8.08. The fourth-order valence-corrected chi connectivity index (χ4v) is 3.72. The Bertz CT molecular complexity index is 1380. The molecule has 0 spiro atoms. The third-order valence-corrected chi connectivity index (χ3v) is 5.63. The van der Waals surface area contributed by atoms with Gasteiger partial charge in [0.25, 0.3) is 0 Å². The molecular formula is C29H23F3O4. The zero-order valence-corrected chi connectivity index (χ0v) is 19.6. The molecule has 1 unspecified atom stereocenters. The zero-order valence-electron chi connectivity index (χ0n) is 19.6. The van der Waals surface area contributed by atoms with E-state index in [4.69, 9.17) is 9.47 Å². The highest BCUT2D eigenvalue weighted by atomic mass is 19.2. The first kappa shape index (κ1) is 25.0. The molecule has 4 aromatic carbocycles. The van der Waals surface area contributed by atoms with Gasteiger partial charge in [0.15, 0.2) is 11.6 Å². The highest BCUT2D eigenvalue weighted by Crippen LogP contribution is 2.30. The molecule has 1 N–H and O–H groups in total. The van der Waals surface area contributed by atoms with Crippen molar-refractivity contribution >= 4 is 5.97 Å². The summed E-state index contributed by atoms with van der Waals surface area (Å²) in [5.41, 5.74) is 1.32. The van der Waals surface area contributed by atoms with Crippen LogP contribution in [0.2, 0.25) is 0 Å². The third kappa shape index (κ3) is 5.26. The number of benzene rings is 4. The van der Waals surface area contributed by atoms with Crippen molar-refractivity contribution in [3.05, 3.63) is 107 Å². The van der Waals surface area contributed by atoms with Crippen molar-refractivity contribution in [2.45, 2.75) is 20.0 Å². The standard InChI is InChI=1S/C29H23F3O4/c1-3-35-22-12-13-23(26(30)16-22)19-8-10-21(11-9-19)36-29(34)25-15-14-24(27(31)28(25)32)20-6-4-18(5-7-20)17(2)33/h4-17,33H,3H2,1-2H3. The minimum atomic E-state index is -1.33. The van der Waals surface area contributed by atoms with Gasteiger partial charge in [-0.2, -0.15) is 0 Å². The number of carbonyl (C=O) groups is 1. The smallest absolute Gasteiger partial charge is 0.346 e. The first-order chi connectivity index (χ1) is 17.3. The Morgan fingerprint density at radius 3 is 2.00 bits per heavy atom. The molecule has 0 bridgehead atoms. The van der Waals surface area contributed by atoms with Crippen molar-refractivity contribution in [1.82, 2.24) is 0 Å². The fraction of sp³-hybridized carbons (Fsp3) is 0.138. The number of esters is 1. The predicted molar refractivity (Wildman–Crippen MR) is 130 cm³/mol. The molecule has 0 aromatic heterocycles.